The number of carbonyl (C=O) groups excluding carboxylic acids is 1. The van der Waals surface area contributed by atoms with Crippen LogP contribution in [0, 0.1) is 11.3 Å². The summed E-state index contributed by atoms with van der Waals surface area (Å²) in [6.45, 7) is 2.12. The Hall–Kier alpha value is -1.86. The predicted octanol–water partition coefficient (Wildman–Crippen LogP) is 1.19. The van der Waals surface area contributed by atoms with Gasteiger partial charge in [0, 0.05) is 19.2 Å². The molecule has 84 valence electrons. The van der Waals surface area contributed by atoms with Crippen molar-refractivity contribution in [1.29, 1.82) is 5.26 Å². The lowest BCUT2D eigenvalue weighted by Crippen LogP contribution is -2.27. The van der Waals surface area contributed by atoms with E-state index >= 15 is 0 Å². The summed E-state index contributed by atoms with van der Waals surface area (Å²) in [6.07, 6.45) is 0.238. The molecule has 0 aliphatic carbocycles. The number of anilines is 1. The van der Waals surface area contributed by atoms with Crippen LogP contribution in [0.2, 0.25) is 0 Å². The number of likely N-dealkylation sites (N-methyl/N-ethyl adjacent to an activating group) is 1. The SMILES string of the molecule is CC(O)CN(C)c1ccc(C=O)cc1C#N. The van der Waals surface area contributed by atoms with Crippen molar-refractivity contribution in [3.05, 3.63) is 29.3 Å². The summed E-state index contributed by atoms with van der Waals surface area (Å²) >= 11 is 0. The van der Waals surface area contributed by atoms with Gasteiger partial charge in [0.05, 0.1) is 17.4 Å². The van der Waals surface area contributed by atoms with Crippen molar-refractivity contribution >= 4 is 12.0 Å². The second-order valence-corrected chi connectivity index (χ2v) is 3.74. The Kier molecular flexibility index (Phi) is 4.03. The molecule has 1 aromatic rings. The standard InChI is InChI=1S/C12H14N2O2/c1-9(16)7-14(2)12-4-3-10(8-15)5-11(12)6-13/h3-5,8-9,16H,7H2,1-2H3. The summed E-state index contributed by atoms with van der Waals surface area (Å²) in [6, 6.07) is 6.95. The molecule has 0 amide bonds. The van der Waals surface area contributed by atoms with Gasteiger partial charge in [-0.3, -0.25) is 4.79 Å². The highest BCUT2D eigenvalue weighted by molar-refractivity contribution is 5.78. The zero-order valence-corrected chi connectivity index (χ0v) is 9.34. The lowest BCUT2D eigenvalue weighted by molar-refractivity contribution is 0.112. The monoisotopic (exact) mass is 218 g/mol. The van der Waals surface area contributed by atoms with Gasteiger partial charge < -0.3 is 10.0 Å². The Morgan fingerprint density at radius 1 is 1.62 bits per heavy atom. The average Bonchev–Trinajstić information content (AvgIpc) is 2.27. The highest BCUT2D eigenvalue weighted by Crippen LogP contribution is 2.19. The van der Waals surface area contributed by atoms with Crippen LogP contribution in [0.1, 0.15) is 22.8 Å². The molecule has 1 N–H and O–H groups in total. The van der Waals surface area contributed by atoms with Crippen LogP contribution in [0.5, 0.6) is 0 Å². The van der Waals surface area contributed by atoms with Crippen molar-refractivity contribution in [3.8, 4) is 6.07 Å². The normalized spacial score (nSPS) is 11.6. The fourth-order valence-electron chi connectivity index (χ4n) is 1.54. The van der Waals surface area contributed by atoms with E-state index in [2.05, 4.69) is 0 Å². The van der Waals surface area contributed by atoms with Gasteiger partial charge in [-0.05, 0) is 25.1 Å². The Bertz CT molecular complexity index is 422. The second kappa shape index (κ2) is 5.29. The van der Waals surface area contributed by atoms with Gasteiger partial charge >= 0.3 is 0 Å². The molecular weight excluding hydrogens is 204 g/mol. The van der Waals surface area contributed by atoms with E-state index in [-0.39, 0.29) is 0 Å². The first-order valence-electron chi connectivity index (χ1n) is 4.97. The molecule has 1 unspecified atom stereocenters. The lowest BCUT2D eigenvalue weighted by Gasteiger charge is -2.22. The molecule has 1 aromatic carbocycles. The van der Waals surface area contributed by atoms with Crippen LogP contribution in [0.3, 0.4) is 0 Å². The van der Waals surface area contributed by atoms with E-state index in [1.54, 1.807) is 37.1 Å². The number of nitriles is 1. The van der Waals surface area contributed by atoms with Gasteiger partial charge in [0.15, 0.2) is 0 Å². The van der Waals surface area contributed by atoms with Gasteiger partial charge in [0.25, 0.3) is 0 Å². The first kappa shape index (κ1) is 12.2. The Morgan fingerprint density at radius 3 is 2.81 bits per heavy atom. The zero-order chi connectivity index (χ0) is 12.1. The van der Waals surface area contributed by atoms with Crippen LogP contribution >= 0.6 is 0 Å². The van der Waals surface area contributed by atoms with E-state index in [1.165, 1.54) is 0 Å². The Labute approximate surface area is 94.7 Å². The van der Waals surface area contributed by atoms with Crippen LogP contribution in [-0.4, -0.2) is 31.1 Å². The molecule has 4 heteroatoms. The van der Waals surface area contributed by atoms with Crippen LogP contribution in [0.25, 0.3) is 0 Å². The van der Waals surface area contributed by atoms with Gasteiger partial charge in [-0.15, -0.1) is 0 Å². The maximum Gasteiger partial charge on any atom is 0.150 e. The molecule has 0 saturated carbocycles. The van der Waals surface area contributed by atoms with Gasteiger partial charge in [-0.2, -0.15) is 5.26 Å². The molecule has 0 saturated heterocycles. The topological polar surface area (TPSA) is 64.3 Å². The van der Waals surface area contributed by atoms with Crippen molar-refractivity contribution in [2.45, 2.75) is 13.0 Å². The van der Waals surface area contributed by atoms with E-state index < -0.39 is 6.10 Å². The molecule has 0 radical (unpaired) electrons. The molecular formula is C12H14N2O2. The van der Waals surface area contributed by atoms with Crippen molar-refractivity contribution in [2.24, 2.45) is 0 Å². The summed E-state index contributed by atoms with van der Waals surface area (Å²) in [5, 5.41) is 18.2. The molecule has 0 spiro atoms. The van der Waals surface area contributed by atoms with E-state index in [9.17, 15) is 9.90 Å². The van der Waals surface area contributed by atoms with E-state index in [4.69, 9.17) is 5.26 Å². The third-order valence-corrected chi connectivity index (χ3v) is 2.23. The number of nitrogens with zero attached hydrogens (tertiary/aromatic N) is 2. The highest BCUT2D eigenvalue weighted by Gasteiger charge is 2.09. The summed E-state index contributed by atoms with van der Waals surface area (Å²) in [7, 11) is 1.80. The molecule has 16 heavy (non-hydrogen) atoms. The molecule has 1 atom stereocenters. The molecule has 0 fully saturated rings. The number of aliphatic hydroxyl groups is 1. The summed E-state index contributed by atoms with van der Waals surface area (Å²) in [4.78, 5) is 12.4. The Balaban J connectivity index is 3.04. The first-order valence-corrected chi connectivity index (χ1v) is 4.97. The molecule has 0 aliphatic heterocycles. The van der Waals surface area contributed by atoms with Crippen LogP contribution < -0.4 is 4.90 Å². The smallest absolute Gasteiger partial charge is 0.150 e. The lowest BCUT2D eigenvalue weighted by atomic mass is 10.1. The number of aliphatic hydroxyl groups excluding tert-OH is 1. The number of carbonyl (C=O) groups is 1. The minimum absolute atomic E-state index is 0.438. The number of hydrogen-bond donors (Lipinski definition) is 1. The quantitative estimate of drug-likeness (QED) is 0.771. The largest absolute Gasteiger partial charge is 0.392 e. The molecule has 1 rings (SSSR count). The first-order chi connectivity index (χ1) is 7.58. The van der Waals surface area contributed by atoms with Gasteiger partial charge in [-0.25, -0.2) is 0 Å². The molecule has 0 bridgehead atoms. The summed E-state index contributed by atoms with van der Waals surface area (Å²) in [5.41, 5.74) is 1.63. The molecule has 4 nitrogen and oxygen atoms in total. The van der Waals surface area contributed by atoms with Crippen LogP contribution in [-0.2, 0) is 0 Å². The van der Waals surface area contributed by atoms with Crippen molar-refractivity contribution in [3.63, 3.8) is 0 Å². The molecule has 0 aromatic heterocycles. The van der Waals surface area contributed by atoms with Crippen LogP contribution in [0.4, 0.5) is 5.69 Å². The molecule has 0 aliphatic rings. The highest BCUT2D eigenvalue weighted by atomic mass is 16.3. The average molecular weight is 218 g/mol. The summed E-state index contributed by atoms with van der Waals surface area (Å²) < 4.78 is 0. The van der Waals surface area contributed by atoms with Gasteiger partial charge in [0.1, 0.15) is 12.4 Å². The minimum atomic E-state index is -0.470. The number of rotatable bonds is 4. The maximum atomic E-state index is 10.6. The van der Waals surface area contributed by atoms with Crippen molar-refractivity contribution < 1.29 is 9.90 Å². The van der Waals surface area contributed by atoms with E-state index in [0.29, 0.717) is 29.6 Å². The summed E-state index contributed by atoms with van der Waals surface area (Å²) in [5.74, 6) is 0. The predicted molar refractivity (Wildman–Crippen MR) is 61.5 cm³/mol. The van der Waals surface area contributed by atoms with Crippen LogP contribution in [0.15, 0.2) is 18.2 Å². The fourth-order valence-corrected chi connectivity index (χ4v) is 1.54. The van der Waals surface area contributed by atoms with E-state index in [1.807, 2.05) is 6.07 Å². The second-order valence-electron chi connectivity index (χ2n) is 3.74. The van der Waals surface area contributed by atoms with E-state index in [0.717, 1.165) is 0 Å². The van der Waals surface area contributed by atoms with Gasteiger partial charge in [0.2, 0.25) is 0 Å². The third kappa shape index (κ3) is 2.81. The van der Waals surface area contributed by atoms with Crippen molar-refractivity contribution in [2.75, 3.05) is 18.5 Å². The maximum absolute atomic E-state index is 10.6. The van der Waals surface area contributed by atoms with Gasteiger partial charge in [-0.1, -0.05) is 0 Å². The van der Waals surface area contributed by atoms with Crippen molar-refractivity contribution in [1.82, 2.24) is 0 Å². The fraction of sp³-hybridized carbons (Fsp3) is 0.333. The number of benzene rings is 1. The Morgan fingerprint density at radius 2 is 2.31 bits per heavy atom. The third-order valence-electron chi connectivity index (χ3n) is 2.23. The zero-order valence-electron chi connectivity index (χ0n) is 9.34. The number of aldehydes is 1. The number of hydrogen-bond acceptors (Lipinski definition) is 4. The molecule has 0 heterocycles. The minimum Gasteiger partial charge on any atom is -0.392 e.